The largest absolute Gasteiger partial charge is 0.458 e. The molecule has 8 nitrogen and oxygen atoms in total. The van der Waals surface area contributed by atoms with E-state index in [1.165, 1.54) is 24.3 Å². The molecule has 4 N–H and O–H groups in total. The van der Waals surface area contributed by atoms with Crippen LogP contribution in [0.5, 0.6) is 0 Å². The van der Waals surface area contributed by atoms with Gasteiger partial charge in [-0.2, -0.15) is 0 Å². The fourth-order valence-corrected chi connectivity index (χ4v) is 2.10. The van der Waals surface area contributed by atoms with Crippen molar-refractivity contribution < 1.29 is 28.7 Å². The van der Waals surface area contributed by atoms with E-state index >= 15 is 0 Å². The third-order valence-electron chi connectivity index (χ3n) is 3.57. The third-order valence-corrected chi connectivity index (χ3v) is 3.57. The number of carbonyl (C=O) groups excluding carboxylic acids is 4. The predicted octanol–water partition coefficient (Wildman–Crippen LogP) is 1.29. The Morgan fingerprint density at radius 2 is 1.22 bits per heavy atom. The van der Waals surface area contributed by atoms with Crippen LogP contribution in [0.2, 0.25) is 0 Å². The first-order chi connectivity index (χ1) is 12.8. The molecule has 1 unspecified atom stereocenters. The monoisotopic (exact) mass is 370 g/mol. The van der Waals surface area contributed by atoms with Crippen molar-refractivity contribution in [1.29, 1.82) is 0 Å². The van der Waals surface area contributed by atoms with Crippen molar-refractivity contribution in [1.82, 2.24) is 0 Å². The van der Waals surface area contributed by atoms with E-state index in [9.17, 15) is 19.2 Å². The van der Waals surface area contributed by atoms with E-state index in [4.69, 9.17) is 20.9 Å². The van der Waals surface area contributed by atoms with Gasteiger partial charge in [0.05, 0.1) is 11.1 Å². The smallest absolute Gasteiger partial charge is 0.338 e. The summed E-state index contributed by atoms with van der Waals surface area (Å²) in [6, 6.07) is 12.0. The molecule has 2 aliphatic rings. The molecule has 0 saturated carbocycles. The maximum atomic E-state index is 11.5. The molecule has 140 valence electrons. The lowest BCUT2D eigenvalue weighted by molar-refractivity contribution is 0.00395. The fourth-order valence-electron chi connectivity index (χ4n) is 2.10. The highest BCUT2D eigenvalue weighted by Crippen LogP contribution is 2.11. The third kappa shape index (κ3) is 5.40. The molecule has 27 heavy (non-hydrogen) atoms. The van der Waals surface area contributed by atoms with Crippen molar-refractivity contribution in [2.24, 2.45) is 11.5 Å². The molecule has 2 aromatic rings. The van der Waals surface area contributed by atoms with E-state index in [0.29, 0.717) is 22.3 Å². The molecular weight excluding hydrogens is 352 g/mol. The van der Waals surface area contributed by atoms with Gasteiger partial charge in [0.15, 0.2) is 0 Å². The quantitative estimate of drug-likeness (QED) is 0.764. The molecule has 1 atom stereocenters. The van der Waals surface area contributed by atoms with Crippen molar-refractivity contribution in [3.8, 4) is 0 Å². The number of primary amides is 2. The van der Waals surface area contributed by atoms with Gasteiger partial charge >= 0.3 is 11.9 Å². The van der Waals surface area contributed by atoms with E-state index in [2.05, 4.69) is 0 Å². The van der Waals surface area contributed by atoms with Crippen LogP contribution in [0.15, 0.2) is 48.5 Å². The number of fused-ring (bicyclic) bond motifs is 7. The standard InChI is InChI=1S/C11H10O4.C8H8N2O2/c1-7-6-14-10(12)8-2-4-9(5-3-8)11(13)15-7;9-7(11)5-1-2-6(4-3-5)8(10)12/h2-5,7H,6H2,1H3;1-4H,(H2,9,11)(H2,10,12). The molecule has 2 amide bonds. The molecule has 0 radical (unpaired) electrons. The van der Waals surface area contributed by atoms with Crippen molar-refractivity contribution in [2.45, 2.75) is 13.0 Å². The average molecular weight is 370 g/mol. The van der Waals surface area contributed by atoms with Gasteiger partial charge in [0.2, 0.25) is 11.8 Å². The molecule has 2 aliphatic heterocycles. The van der Waals surface area contributed by atoms with Crippen molar-refractivity contribution in [3.63, 3.8) is 0 Å². The number of hydrogen-bond acceptors (Lipinski definition) is 6. The zero-order valence-electron chi connectivity index (χ0n) is 14.5. The van der Waals surface area contributed by atoms with Gasteiger partial charge in [0.1, 0.15) is 12.7 Å². The minimum atomic E-state index is -0.522. The lowest BCUT2D eigenvalue weighted by Gasteiger charge is -2.15. The van der Waals surface area contributed by atoms with E-state index < -0.39 is 29.9 Å². The first-order valence-electron chi connectivity index (χ1n) is 7.95. The minimum Gasteiger partial charge on any atom is -0.458 e. The maximum absolute atomic E-state index is 11.5. The van der Waals surface area contributed by atoms with Crippen LogP contribution < -0.4 is 11.5 Å². The molecule has 2 bridgehead atoms. The van der Waals surface area contributed by atoms with Crippen LogP contribution in [-0.4, -0.2) is 36.5 Å². The van der Waals surface area contributed by atoms with Crippen LogP contribution in [0, 0.1) is 0 Å². The Balaban J connectivity index is 0.000000199. The molecule has 2 heterocycles. The zero-order chi connectivity index (χ0) is 20.0. The first-order valence-corrected chi connectivity index (χ1v) is 7.95. The summed E-state index contributed by atoms with van der Waals surface area (Å²) in [5.41, 5.74) is 11.6. The Kier molecular flexibility index (Phi) is 6.27. The minimum absolute atomic E-state index is 0.0863. The number of benzene rings is 2. The Bertz CT molecular complexity index is 826. The Hall–Kier alpha value is -3.68. The van der Waals surface area contributed by atoms with Crippen LogP contribution >= 0.6 is 0 Å². The van der Waals surface area contributed by atoms with Gasteiger partial charge in [-0.05, 0) is 55.5 Å². The molecule has 0 spiro atoms. The predicted molar refractivity (Wildman–Crippen MR) is 95.1 cm³/mol. The van der Waals surface area contributed by atoms with Crippen LogP contribution in [0.25, 0.3) is 0 Å². The van der Waals surface area contributed by atoms with Crippen LogP contribution in [0.3, 0.4) is 0 Å². The SMILES string of the molecule is CC1COC(=O)c2ccc(cc2)C(=O)O1.NC(=O)c1ccc(C(N)=O)cc1. The number of carbonyl (C=O) groups is 4. The van der Waals surface area contributed by atoms with Gasteiger partial charge < -0.3 is 20.9 Å². The summed E-state index contributed by atoms with van der Waals surface area (Å²) in [5, 5.41) is 0. The van der Waals surface area contributed by atoms with E-state index in [-0.39, 0.29) is 6.61 Å². The van der Waals surface area contributed by atoms with Crippen LogP contribution in [0.1, 0.15) is 48.4 Å². The molecule has 8 heteroatoms. The van der Waals surface area contributed by atoms with Crippen molar-refractivity contribution in [3.05, 3.63) is 70.8 Å². The number of hydrogen-bond donors (Lipinski definition) is 2. The summed E-state index contributed by atoms with van der Waals surface area (Å²) >= 11 is 0. The topological polar surface area (TPSA) is 139 Å². The van der Waals surface area contributed by atoms with Gasteiger partial charge in [-0.15, -0.1) is 0 Å². The highest BCUT2D eigenvalue weighted by Gasteiger charge is 2.17. The zero-order valence-corrected chi connectivity index (χ0v) is 14.5. The highest BCUT2D eigenvalue weighted by molar-refractivity contribution is 5.96. The molecule has 0 aromatic heterocycles. The summed E-state index contributed by atoms with van der Waals surface area (Å²) < 4.78 is 9.98. The lowest BCUT2D eigenvalue weighted by atomic mass is 10.1. The summed E-state index contributed by atoms with van der Waals surface area (Å²) in [5.74, 6) is -1.84. The number of rotatable bonds is 2. The molecule has 4 rings (SSSR count). The lowest BCUT2D eigenvalue weighted by Crippen LogP contribution is -2.23. The maximum Gasteiger partial charge on any atom is 0.338 e. The number of amides is 2. The molecule has 0 saturated heterocycles. The van der Waals surface area contributed by atoms with Crippen molar-refractivity contribution >= 4 is 23.8 Å². The Labute approximate surface area is 155 Å². The van der Waals surface area contributed by atoms with Crippen molar-refractivity contribution in [2.75, 3.05) is 6.61 Å². The fraction of sp³-hybridized carbons (Fsp3) is 0.158. The highest BCUT2D eigenvalue weighted by atomic mass is 16.6. The Morgan fingerprint density at radius 3 is 1.63 bits per heavy atom. The Morgan fingerprint density at radius 1 is 0.815 bits per heavy atom. The molecular formula is C19H18N2O6. The van der Waals surface area contributed by atoms with Gasteiger partial charge in [0, 0.05) is 11.1 Å². The second-order valence-corrected chi connectivity index (χ2v) is 5.70. The number of ether oxygens (including phenoxy) is 2. The van der Waals surface area contributed by atoms with Crippen LogP contribution in [0.4, 0.5) is 0 Å². The molecule has 0 fully saturated rings. The summed E-state index contributed by atoms with van der Waals surface area (Å²) in [4.78, 5) is 44.0. The van der Waals surface area contributed by atoms with E-state index in [1.54, 1.807) is 31.2 Å². The summed E-state index contributed by atoms with van der Waals surface area (Å²) in [6.07, 6.45) is -0.421. The second kappa shape index (κ2) is 8.61. The molecule has 0 aliphatic carbocycles. The van der Waals surface area contributed by atoms with E-state index in [1.807, 2.05) is 0 Å². The van der Waals surface area contributed by atoms with Crippen LogP contribution in [-0.2, 0) is 9.47 Å². The number of nitrogens with two attached hydrogens (primary N) is 2. The summed E-state index contributed by atoms with van der Waals surface area (Å²) in [6.45, 7) is 1.77. The average Bonchev–Trinajstić information content (AvgIpc) is 2.66. The van der Waals surface area contributed by atoms with Gasteiger partial charge in [-0.25, -0.2) is 9.59 Å². The van der Waals surface area contributed by atoms with E-state index in [0.717, 1.165) is 0 Å². The normalized spacial score (nSPS) is 15.7. The van der Waals surface area contributed by atoms with Gasteiger partial charge in [-0.1, -0.05) is 0 Å². The van der Waals surface area contributed by atoms with Gasteiger partial charge in [0.25, 0.3) is 0 Å². The van der Waals surface area contributed by atoms with Gasteiger partial charge in [-0.3, -0.25) is 9.59 Å². The first kappa shape index (κ1) is 19.6. The second-order valence-electron chi connectivity index (χ2n) is 5.70. The number of esters is 2. The molecule has 2 aromatic carbocycles. The summed E-state index contributed by atoms with van der Waals surface area (Å²) in [7, 11) is 0.